The molecule has 1 amide bonds. The summed E-state index contributed by atoms with van der Waals surface area (Å²) in [4.78, 5) is 18.8. The van der Waals surface area contributed by atoms with Gasteiger partial charge in [-0.25, -0.2) is 9.78 Å². The lowest BCUT2D eigenvalue weighted by atomic mass is 10.1. The van der Waals surface area contributed by atoms with Crippen molar-refractivity contribution < 1.29 is 14.3 Å². The third-order valence-electron chi connectivity index (χ3n) is 3.12. The van der Waals surface area contributed by atoms with E-state index < -0.39 is 5.60 Å². The molecular weight excluding hydrogens is 296 g/mol. The van der Waals surface area contributed by atoms with E-state index in [9.17, 15) is 4.79 Å². The summed E-state index contributed by atoms with van der Waals surface area (Å²) in [7, 11) is 1.69. The van der Waals surface area contributed by atoms with E-state index in [1.165, 1.54) is 0 Å². The monoisotopic (exact) mass is 326 g/mol. The highest BCUT2D eigenvalue weighted by Gasteiger charge is 2.15. The van der Waals surface area contributed by atoms with Gasteiger partial charge in [-0.05, 0) is 33.6 Å². The number of nitrogens with one attached hydrogen (secondary N) is 3. The number of aromatic amines is 1. The molecule has 1 aromatic rings. The Kier molecular flexibility index (Phi) is 8.65. The largest absolute Gasteiger partial charge is 0.444 e. The average molecular weight is 326 g/mol. The number of carbonyl (C=O) groups is 1. The van der Waals surface area contributed by atoms with Gasteiger partial charge in [0.25, 0.3) is 0 Å². The Morgan fingerprint density at radius 1 is 1.39 bits per heavy atom. The zero-order valence-electron chi connectivity index (χ0n) is 14.6. The Balaban J connectivity index is 2.16. The second kappa shape index (κ2) is 10.2. The molecule has 1 heterocycles. The number of carbonyl (C=O) groups excluding carboxylic acids is 1. The highest BCUT2D eigenvalue weighted by atomic mass is 16.6. The minimum atomic E-state index is -0.462. The molecule has 0 bridgehead atoms. The van der Waals surface area contributed by atoms with Crippen LogP contribution in [0.25, 0.3) is 0 Å². The zero-order chi connectivity index (χ0) is 17.1. The highest BCUT2D eigenvalue weighted by molar-refractivity contribution is 5.67. The van der Waals surface area contributed by atoms with Gasteiger partial charge in [0, 0.05) is 45.1 Å². The van der Waals surface area contributed by atoms with E-state index in [-0.39, 0.29) is 12.1 Å². The quantitative estimate of drug-likeness (QED) is 0.571. The summed E-state index contributed by atoms with van der Waals surface area (Å²) in [5.41, 5.74) is -0.462. The Bertz CT molecular complexity index is 429. The number of hydrogen-bond acceptors (Lipinski definition) is 5. The molecule has 0 fully saturated rings. The van der Waals surface area contributed by atoms with Crippen LogP contribution in [0.3, 0.4) is 0 Å². The number of nitrogens with zero attached hydrogens (tertiary/aromatic N) is 1. The van der Waals surface area contributed by atoms with Crippen LogP contribution in [0.5, 0.6) is 0 Å². The lowest BCUT2D eigenvalue weighted by Crippen LogP contribution is -2.36. The molecule has 1 rings (SSSR count). The minimum Gasteiger partial charge on any atom is -0.444 e. The van der Waals surface area contributed by atoms with Crippen LogP contribution in [0.1, 0.15) is 39.4 Å². The lowest BCUT2D eigenvalue weighted by Gasteiger charge is -2.20. The summed E-state index contributed by atoms with van der Waals surface area (Å²) in [6.07, 6.45) is 5.84. The molecule has 7 heteroatoms. The van der Waals surface area contributed by atoms with Crippen molar-refractivity contribution in [3.63, 3.8) is 0 Å². The molecule has 0 radical (unpaired) electrons. The molecule has 132 valence electrons. The average Bonchev–Trinajstić information content (AvgIpc) is 2.94. The van der Waals surface area contributed by atoms with Crippen molar-refractivity contribution in [1.82, 2.24) is 20.6 Å². The van der Waals surface area contributed by atoms with Crippen LogP contribution in [-0.4, -0.2) is 54.5 Å². The molecule has 0 aliphatic carbocycles. The maximum absolute atomic E-state index is 11.5. The second-order valence-corrected chi connectivity index (χ2v) is 6.46. The van der Waals surface area contributed by atoms with E-state index in [0.29, 0.717) is 13.2 Å². The van der Waals surface area contributed by atoms with Crippen molar-refractivity contribution >= 4 is 6.09 Å². The fraction of sp³-hybridized carbons (Fsp3) is 0.750. The van der Waals surface area contributed by atoms with Gasteiger partial charge >= 0.3 is 6.09 Å². The molecule has 1 atom stereocenters. The summed E-state index contributed by atoms with van der Waals surface area (Å²) < 4.78 is 10.4. The number of methoxy groups -OCH3 is 1. The summed E-state index contributed by atoms with van der Waals surface area (Å²) in [6.45, 7) is 7.62. The van der Waals surface area contributed by atoms with Gasteiger partial charge in [0.05, 0.1) is 6.61 Å². The number of hydrogen-bond donors (Lipinski definition) is 3. The Morgan fingerprint density at radius 2 is 2.17 bits per heavy atom. The van der Waals surface area contributed by atoms with Crippen LogP contribution in [0.4, 0.5) is 4.79 Å². The second-order valence-electron chi connectivity index (χ2n) is 6.46. The zero-order valence-corrected chi connectivity index (χ0v) is 14.6. The highest BCUT2D eigenvalue weighted by Crippen LogP contribution is 2.06. The number of ether oxygens (including phenoxy) is 2. The third kappa shape index (κ3) is 9.91. The molecule has 0 aliphatic rings. The van der Waals surface area contributed by atoms with Crippen LogP contribution in [0.2, 0.25) is 0 Å². The van der Waals surface area contributed by atoms with Crippen LogP contribution in [0, 0.1) is 0 Å². The predicted molar refractivity (Wildman–Crippen MR) is 89.4 cm³/mol. The maximum atomic E-state index is 11.5. The van der Waals surface area contributed by atoms with Gasteiger partial charge in [0.2, 0.25) is 0 Å². The third-order valence-corrected chi connectivity index (χ3v) is 3.12. The Labute approximate surface area is 138 Å². The number of imidazole rings is 1. The summed E-state index contributed by atoms with van der Waals surface area (Å²) in [5, 5.41) is 6.23. The number of alkyl carbamates (subject to hydrolysis) is 1. The van der Waals surface area contributed by atoms with Crippen LogP contribution in [0.15, 0.2) is 12.4 Å². The molecule has 1 aromatic heterocycles. The predicted octanol–water partition coefficient (Wildman–Crippen LogP) is 1.86. The Hall–Kier alpha value is -1.60. The van der Waals surface area contributed by atoms with Crippen molar-refractivity contribution in [3.05, 3.63) is 18.2 Å². The first kappa shape index (κ1) is 19.4. The van der Waals surface area contributed by atoms with Crippen molar-refractivity contribution in [2.45, 2.75) is 51.7 Å². The van der Waals surface area contributed by atoms with Crippen LogP contribution in [-0.2, 0) is 15.9 Å². The summed E-state index contributed by atoms with van der Waals surface area (Å²) in [5.74, 6) is 0.972. The molecule has 0 spiro atoms. The molecule has 0 saturated carbocycles. The molecule has 3 N–H and O–H groups in total. The topological polar surface area (TPSA) is 88.3 Å². The van der Waals surface area contributed by atoms with E-state index in [0.717, 1.165) is 31.6 Å². The van der Waals surface area contributed by atoms with E-state index >= 15 is 0 Å². The van der Waals surface area contributed by atoms with Crippen LogP contribution < -0.4 is 10.6 Å². The molecule has 0 aromatic carbocycles. The molecule has 23 heavy (non-hydrogen) atoms. The molecule has 7 nitrogen and oxygen atoms in total. The van der Waals surface area contributed by atoms with Gasteiger partial charge in [-0.3, -0.25) is 0 Å². The first-order chi connectivity index (χ1) is 10.9. The standard InChI is InChI=1S/C16H30N4O3/c1-16(2,3)23-15(21)20-8-5-6-13(12-22-4)17-9-7-14-18-10-11-19-14/h10-11,13,17H,5-9,12H2,1-4H3,(H,18,19)(H,20,21). The lowest BCUT2D eigenvalue weighted by molar-refractivity contribution is 0.0526. The van der Waals surface area contributed by atoms with Gasteiger partial charge < -0.3 is 25.1 Å². The van der Waals surface area contributed by atoms with Crippen molar-refractivity contribution in [2.75, 3.05) is 26.8 Å². The van der Waals surface area contributed by atoms with E-state index in [2.05, 4.69) is 20.6 Å². The smallest absolute Gasteiger partial charge is 0.407 e. The first-order valence-corrected chi connectivity index (χ1v) is 8.08. The molecule has 1 unspecified atom stereocenters. The minimum absolute atomic E-state index is 0.260. The number of H-pyrrole nitrogens is 1. The number of aromatic nitrogens is 2. The van der Waals surface area contributed by atoms with Gasteiger partial charge in [-0.2, -0.15) is 0 Å². The van der Waals surface area contributed by atoms with Gasteiger partial charge in [-0.1, -0.05) is 0 Å². The van der Waals surface area contributed by atoms with Crippen molar-refractivity contribution in [3.8, 4) is 0 Å². The van der Waals surface area contributed by atoms with Gasteiger partial charge in [-0.15, -0.1) is 0 Å². The van der Waals surface area contributed by atoms with Gasteiger partial charge in [0.15, 0.2) is 0 Å². The fourth-order valence-corrected chi connectivity index (χ4v) is 2.13. The first-order valence-electron chi connectivity index (χ1n) is 8.08. The maximum Gasteiger partial charge on any atom is 0.407 e. The van der Waals surface area contributed by atoms with E-state index in [4.69, 9.17) is 9.47 Å². The SMILES string of the molecule is COCC(CCCNC(=O)OC(C)(C)C)NCCc1ncc[nH]1. The summed E-state index contributed by atoms with van der Waals surface area (Å²) >= 11 is 0. The fourth-order valence-electron chi connectivity index (χ4n) is 2.13. The van der Waals surface area contributed by atoms with Crippen molar-refractivity contribution in [2.24, 2.45) is 0 Å². The number of rotatable bonds is 10. The summed E-state index contributed by atoms with van der Waals surface area (Å²) in [6, 6.07) is 0.260. The van der Waals surface area contributed by atoms with Crippen LogP contribution >= 0.6 is 0 Å². The van der Waals surface area contributed by atoms with Crippen molar-refractivity contribution in [1.29, 1.82) is 0 Å². The normalized spacial score (nSPS) is 12.9. The van der Waals surface area contributed by atoms with E-state index in [1.54, 1.807) is 13.3 Å². The molecule has 0 aliphatic heterocycles. The molecular formula is C16H30N4O3. The number of amides is 1. The van der Waals surface area contributed by atoms with E-state index in [1.807, 2.05) is 27.0 Å². The Morgan fingerprint density at radius 3 is 2.78 bits per heavy atom. The molecule has 0 saturated heterocycles. The van der Waals surface area contributed by atoms with Gasteiger partial charge in [0.1, 0.15) is 11.4 Å².